The summed E-state index contributed by atoms with van der Waals surface area (Å²) in [6, 6.07) is 5.83. The fourth-order valence-electron chi connectivity index (χ4n) is 4.78. The van der Waals surface area contributed by atoms with E-state index >= 15 is 0 Å². The summed E-state index contributed by atoms with van der Waals surface area (Å²) in [7, 11) is 0. The summed E-state index contributed by atoms with van der Waals surface area (Å²) in [4.78, 5) is 11.4. The van der Waals surface area contributed by atoms with Crippen LogP contribution in [0.5, 0.6) is 0 Å². The fourth-order valence-corrected chi connectivity index (χ4v) is 5.00. The lowest BCUT2D eigenvalue weighted by Gasteiger charge is -2.39. The molecule has 152 valence electrons. The second kappa shape index (κ2) is 6.62. The molecule has 1 aromatic carbocycles. The van der Waals surface area contributed by atoms with Crippen LogP contribution in [0.4, 0.5) is 14.6 Å². The molecule has 3 aromatic rings. The average Bonchev–Trinajstić information content (AvgIpc) is 3.25. The zero-order valence-corrected chi connectivity index (χ0v) is 16.9. The smallest absolute Gasteiger partial charge is 0.248 e. The minimum atomic E-state index is -2.50. The van der Waals surface area contributed by atoms with E-state index in [1.165, 1.54) is 0 Å². The molecule has 1 saturated heterocycles. The van der Waals surface area contributed by atoms with E-state index in [0.29, 0.717) is 22.6 Å². The van der Waals surface area contributed by atoms with Crippen LogP contribution in [0.1, 0.15) is 37.7 Å². The molecule has 1 aliphatic carbocycles. The molecule has 2 aliphatic rings. The molecule has 5 rings (SSSR count). The van der Waals surface area contributed by atoms with Gasteiger partial charge < -0.3 is 4.90 Å². The lowest BCUT2D eigenvalue weighted by molar-refractivity contribution is -0.00682. The molecule has 2 fully saturated rings. The normalized spacial score (nSPS) is 20.6. The number of aromatic nitrogens is 4. The second-order valence-corrected chi connectivity index (χ2v) is 8.83. The van der Waals surface area contributed by atoms with E-state index in [1.54, 1.807) is 6.20 Å². The van der Waals surface area contributed by atoms with E-state index in [2.05, 4.69) is 25.1 Å². The maximum Gasteiger partial charge on any atom is 0.248 e. The Balaban J connectivity index is 1.39. The average molecular weight is 418 g/mol. The maximum absolute atomic E-state index is 13.7. The highest BCUT2D eigenvalue weighted by atomic mass is 35.5. The van der Waals surface area contributed by atoms with Gasteiger partial charge in [-0.15, -0.1) is 0 Å². The van der Waals surface area contributed by atoms with E-state index < -0.39 is 5.92 Å². The second-order valence-electron chi connectivity index (χ2n) is 8.46. The van der Waals surface area contributed by atoms with Crippen molar-refractivity contribution in [3.63, 3.8) is 0 Å². The molecule has 1 saturated carbocycles. The van der Waals surface area contributed by atoms with Crippen LogP contribution in [0.25, 0.3) is 22.4 Å². The van der Waals surface area contributed by atoms with Crippen molar-refractivity contribution >= 4 is 28.6 Å². The van der Waals surface area contributed by atoms with Gasteiger partial charge >= 0.3 is 0 Å². The number of fused-ring (bicyclic) bond motifs is 1. The third kappa shape index (κ3) is 3.25. The van der Waals surface area contributed by atoms with Gasteiger partial charge in [-0.1, -0.05) is 29.8 Å². The van der Waals surface area contributed by atoms with Gasteiger partial charge in [-0.2, -0.15) is 5.10 Å². The van der Waals surface area contributed by atoms with Crippen LogP contribution in [0, 0.1) is 12.3 Å². The zero-order chi connectivity index (χ0) is 20.2. The van der Waals surface area contributed by atoms with Crippen molar-refractivity contribution < 1.29 is 8.78 Å². The molecule has 1 aliphatic heterocycles. The van der Waals surface area contributed by atoms with Gasteiger partial charge in [0.1, 0.15) is 11.3 Å². The Kier molecular flexibility index (Phi) is 4.28. The Morgan fingerprint density at radius 3 is 2.66 bits per heavy atom. The summed E-state index contributed by atoms with van der Waals surface area (Å²) >= 11 is 6.46. The van der Waals surface area contributed by atoms with E-state index in [9.17, 15) is 8.78 Å². The number of aryl methyl sites for hydroxylation is 1. The summed E-state index contributed by atoms with van der Waals surface area (Å²) in [5, 5.41) is 8.01. The predicted octanol–water partition coefficient (Wildman–Crippen LogP) is 5.39. The van der Waals surface area contributed by atoms with Crippen LogP contribution in [0.2, 0.25) is 5.02 Å². The number of halogens is 3. The molecule has 0 unspecified atom stereocenters. The first-order chi connectivity index (χ1) is 13.9. The van der Waals surface area contributed by atoms with Gasteiger partial charge in [-0.3, -0.25) is 5.10 Å². The van der Waals surface area contributed by atoms with Crippen LogP contribution in [0.15, 0.2) is 24.4 Å². The van der Waals surface area contributed by atoms with E-state index in [-0.39, 0.29) is 18.3 Å². The highest BCUT2D eigenvalue weighted by molar-refractivity contribution is 6.34. The molecule has 0 atom stereocenters. The fraction of sp³-hybridized carbons (Fsp3) is 0.476. The van der Waals surface area contributed by atoms with Crippen LogP contribution in [-0.2, 0) is 0 Å². The quantitative estimate of drug-likeness (QED) is 0.607. The largest absolute Gasteiger partial charge is 0.355 e. The number of nitrogens with one attached hydrogen (secondary N) is 1. The number of benzene rings is 1. The maximum atomic E-state index is 13.7. The van der Waals surface area contributed by atoms with E-state index in [0.717, 1.165) is 48.6 Å². The molecular formula is C21H22ClF2N5. The number of piperidine rings is 1. The van der Waals surface area contributed by atoms with Crippen LogP contribution in [-0.4, -0.2) is 39.2 Å². The molecular weight excluding hydrogens is 396 g/mol. The van der Waals surface area contributed by atoms with Gasteiger partial charge in [0.25, 0.3) is 0 Å². The lowest BCUT2D eigenvalue weighted by atomic mass is 9.77. The van der Waals surface area contributed by atoms with Gasteiger partial charge in [0.2, 0.25) is 11.6 Å². The van der Waals surface area contributed by atoms with Crippen molar-refractivity contribution in [1.29, 1.82) is 0 Å². The highest BCUT2D eigenvalue weighted by Gasteiger charge is 2.50. The summed E-state index contributed by atoms with van der Waals surface area (Å²) in [5.41, 5.74) is 3.57. The molecule has 8 heteroatoms. The Morgan fingerprint density at radius 2 is 1.93 bits per heavy atom. The van der Waals surface area contributed by atoms with Crippen LogP contribution in [0.3, 0.4) is 0 Å². The molecule has 0 amide bonds. The molecule has 1 spiro atoms. The Labute approximate surface area is 172 Å². The third-order valence-corrected chi connectivity index (χ3v) is 7.02. The number of anilines is 1. The van der Waals surface area contributed by atoms with Crippen molar-refractivity contribution in [2.24, 2.45) is 5.41 Å². The SMILES string of the molecule is Cc1cccc(-c2[nH]nc3nc(N4CCC5(CC4)CCC(F)(F)C5)cnc23)c1Cl. The molecule has 5 nitrogen and oxygen atoms in total. The topological polar surface area (TPSA) is 57.7 Å². The van der Waals surface area contributed by atoms with Gasteiger partial charge in [0, 0.05) is 31.5 Å². The number of alkyl halides is 2. The van der Waals surface area contributed by atoms with E-state index in [1.807, 2.05) is 25.1 Å². The number of nitrogens with zero attached hydrogens (tertiary/aromatic N) is 4. The van der Waals surface area contributed by atoms with Crippen molar-refractivity contribution in [1.82, 2.24) is 20.2 Å². The first-order valence-corrected chi connectivity index (χ1v) is 10.3. The molecule has 2 aromatic heterocycles. The number of aromatic amines is 1. The minimum absolute atomic E-state index is 0.0241. The van der Waals surface area contributed by atoms with Crippen LogP contribution >= 0.6 is 11.6 Å². The minimum Gasteiger partial charge on any atom is -0.355 e. The summed E-state index contributed by atoms with van der Waals surface area (Å²) in [5.74, 6) is -1.76. The van der Waals surface area contributed by atoms with Crippen molar-refractivity contribution in [3.8, 4) is 11.3 Å². The summed E-state index contributed by atoms with van der Waals surface area (Å²) in [6.45, 7) is 3.39. The van der Waals surface area contributed by atoms with Gasteiger partial charge in [-0.05, 0) is 37.2 Å². The molecule has 0 bridgehead atoms. The van der Waals surface area contributed by atoms with Gasteiger partial charge in [0.15, 0.2) is 0 Å². The summed E-state index contributed by atoms with van der Waals surface area (Å²) in [6.07, 6.45) is 3.96. The van der Waals surface area contributed by atoms with Crippen molar-refractivity contribution in [2.45, 2.75) is 45.0 Å². The third-order valence-electron chi connectivity index (χ3n) is 6.52. The summed E-state index contributed by atoms with van der Waals surface area (Å²) < 4.78 is 27.4. The van der Waals surface area contributed by atoms with Crippen LogP contribution < -0.4 is 4.90 Å². The zero-order valence-electron chi connectivity index (χ0n) is 16.2. The first-order valence-electron chi connectivity index (χ1n) is 9.95. The standard InChI is InChI=1S/C21H22ClF2N5/c1-13-3-2-4-14(16(13)22)17-18-19(28-27-17)26-15(11-25-18)29-9-7-20(8-10-29)5-6-21(23,24)12-20/h2-4,11H,5-10,12H2,1H3,(H,26,27,28). The molecule has 1 N–H and O–H groups in total. The van der Waals surface area contributed by atoms with Gasteiger partial charge in [-0.25, -0.2) is 18.7 Å². The van der Waals surface area contributed by atoms with Gasteiger partial charge in [0.05, 0.1) is 16.9 Å². The molecule has 3 heterocycles. The predicted molar refractivity (Wildman–Crippen MR) is 110 cm³/mol. The highest BCUT2D eigenvalue weighted by Crippen LogP contribution is 2.53. The molecule has 0 radical (unpaired) electrons. The Bertz CT molecular complexity index is 1070. The van der Waals surface area contributed by atoms with Crippen molar-refractivity contribution in [2.75, 3.05) is 18.0 Å². The lowest BCUT2D eigenvalue weighted by Crippen LogP contribution is -2.40. The number of H-pyrrole nitrogens is 1. The Morgan fingerprint density at radius 1 is 1.14 bits per heavy atom. The number of hydrogen-bond acceptors (Lipinski definition) is 4. The monoisotopic (exact) mass is 417 g/mol. The number of rotatable bonds is 2. The number of hydrogen-bond donors (Lipinski definition) is 1. The Hall–Kier alpha value is -2.28. The molecule has 29 heavy (non-hydrogen) atoms. The first kappa shape index (κ1) is 18.7. The van der Waals surface area contributed by atoms with Crippen molar-refractivity contribution in [3.05, 3.63) is 35.0 Å². The van der Waals surface area contributed by atoms with E-state index in [4.69, 9.17) is 11.6 Å².